The monoisotopic (exact) mass is 410 g/mol. The lowest BCUT2D eigenvalue weighted by molar-refractivity contribution is -0.126. The molecule has 158 valence electrons. The van der Waals surface area contributed by atoms with Gasteiger partial charge in [-0.05, 0) is 48.7 Å². The van der Waals surface area contributed by atoms with E-state index in [0.717, 1.165) is 36.3 Å². The van der Waals surface area contributed by atoms with Gasteiger partial charge in [0.25, 0.3) is 5.91 Å². The van der Waals surface area contributed by atoms with E-state index in [0.29, 0.717) is 5.69 Å². The van der Waals surface area contributed by atoms with Crippen molar-refractivity contribution in [3.8, 4) is 0 Å². The highest BCUT2D eigenvalue weighted by Gasteiger charge is 2.61. The van der Waals surface area contributed by atoms with Gasteiger partial charge in [0.05, 0.1) is 23.3 Å². The molecule has 0 spiro atoms. The smallest absolute Gasteiger partial charge is 0.266 e. The molecule has 2 aliphatic rings. The van der Waals surface area contributed by atoms with Gasteiger partial charge in [-0.1, -0.05) is 51.3 Å². The molecule has 2 saturated heterocycles. The van der Waals surface area contributed by atoms with E-state index in [1.54, 1.807) is 5.06 Å². The van der Waals surface area contributed by atoms with Crippen LogP contribution in [0.2, 0.25) is 0 Å². The van der Waals surface area contributed by atoms with Crippen molar-refractivity contribution >= 4 is 23.2 Å². The summed E-state index contributed by atoms with van der Waals surface area (Å²) in [4.78, 5) is 34.0. The van der Waals surface area contributed by atoms with Crippen LogP contribution in [0.5, 0.6) is 0 Å². The molecule has 0 saturated carbocycles. The van der Waals surface area contributed by atoms with E-state index in [4.69, 9.17) is 4.84 Å². The highest BCUT2D eigenvalue weighted by Crippen LogP contribution is 2.44. The summed E-state index contributed by atoms with van der Waals surface area (Å²) in [6.45, 7) is 4.27. The lowest BCUT2D eigenvalue weighted by Gasteiger charge is -2.33. The lowest BCUT2D eigenvalue weighted by atomic mass is 9.82. The largest absolute Gasteiger partial charge is 0.273 e. The van der Waals surface area contributed by atoms with Gasteiger partial charge < -0.3 is 0 Å². The van der Waals surface area contributed by atoms with Crippen molar-refractivity contribution in [2.75, 3.05) is 9.96 Å². The fourth-order valence-electron chi connectivity index (χ4n) is 4.66. The topological polar surface area (TPSA) is 49.9 Å². The van der Waals surface area contributed by atoms with E-state index in [-0.39, 0.29) is 23.8 Å². The summed E-state index contributed by atoms with van der Waals surface area (Å²) in [5.41, 5.74) is 1.23. The SMILES string of the molecule is CCCC[C@H](CC)[C@@H]1[C@@H]2C(=O)N(c3ccc(F)cc3)C(=O)[C@@H]2ON1c1ccccc1. The molecule has 2 aromatic rings. The average molecular weight is 410 g/mol. The first-order chi connectivity index (χ1) is 14.6. The first-order valence-electron chi connectivity index (χ1n) is 10.7. The zero-order valence-electron chi connectivity index (χ0n) is 17.3. The van der Waals surface area contributed by atoms with Crippen LogP contribution >= 0.6 is 0 Å². The summed E-state index contributed by atoms with van der Waals surface area (Å²) in [7, 11) is 0. The maximum Gasteiger partial charge on any atom is 0.266 e. The van der Waals surface area contributed by atoms with Crippen LogP contribution in [0.4, 0.5) is 15.8 Å². The van der Waals surface area contributed by atoms with Crippen LogP contribution < -0.4 is 9.96 Å². The number of carbonyl (C=O) groups excluding carboxylic acids is 2. The second-order valence-corrected chi connectivity index (χ2v) is 8.00. The number of hydrogen-bond acceptors (Lipinski definition) is 4. The van der Waals surface area contributed by atoms with Crippen molar-refractivity contribution in [2.24, 2.45) is 11.8 Å². The van der Waals surface area contributed by atoms with Gasteiger partial charge in [0.1, 0.15) is 5.82 Å². The molecule has 2 amide bonds. The molecule has 2 heterocycles. The third-order valence-corrected chi connectivity index (χ3v) is 6.19. The van der Waals surface area contributed by atoms with Gasteiger partial charge in [-0.3, -0.25) is 14.4 Å². The summed E-state index contributed by atoms with van der Waals surface area (Å²) < 4.78 is 13.3. The van der Waals surface area contributed by atoms with Crippen LogP contribution in [0.15, 0.2) is 54.6 Å². The number of anilines is 2. The van der Waals surface area contributed by atoms with E-state index < -0.39 is 17.8 Å². The predicted octanol–water partition coefficient (Wildman–Crippen LogP) is 4.72. The summed E-state index contributed by atoms with van der Waals surface area (Å²) in [6, 6.07) is 14.9. The summed E-state index contributed by atoms with van der Waals surface area (Å²) in [6.07, 6.45) is 3.12. The van der Waals surface area contributed by atoms with Crippen LogP contribution in [0, 0.1) is 17.7 Å². The van der Waals surface area contributed by atoms with E-state index in [2.05, 4.69) is 13.8 Å². The molecule has 0 unspecified atom stereocenters. The third-order valence-electron chi connectivity index (χ3n) is 6.19. The molecule has 30 heavy (non-hydrogen) atoms. The number of unbranched alkanes of at least 4 members (excludes halogenated alkanes) is 1. The van der Waals surface area contributed by atoms with E-state index >= 15 is 0 Å². The number of para-hydroxylation sites is 1. The number of rotatable bonds is 7. The maximum atomic E-state index is 13.5. The quantitative estimate of drug-likeness (QED) is 0.620. The van der Waals surface area contributed by atoms with Crippen molar-refractivity contribution < 1.29 is 18.8 Å². The van der Waals surface area contributed by atoms with Crippen molar-refractivity contribution in [3.05, 3.63) is 60.4 Å². The minimum atomic E-state index is -0.858. The summed E-state index contributed by atoms with van der Waals surface area (Å²) in [5.74, 6) is -1.43. The van der Waals surface area contributed by atoms with Gasteiger partial charge in [-0.2, -0.15) is 0 Å². The first-order valence-corrected chi connectivity index (χ1v) is 10.7. The number of nitrogens with zero attached hydrogens (tertiary/aromatic N) is 2. The third kappa shape index (κ3) is 3.49. The molecular weight excluding hydrogens is 383 g/mol. The Bertz CT molecular complexity index is 902. The second-order valence-electron chi connectivity index (χ2n) is 8.00. The van der Waals surface area contributed by atoms with Gasteiger partial charge >= 0.3 is 0 Å². The molecule has 2 aromatic carbocycles. The predicted molar refractivity (Wildman–Crippen MR) is 113 cm³/mol. The minimum absolute atomic E-state index is 0.213. The first kappa shape index (κ1) is 20.5. The number of hydrogen-bond donors (Lipinski definition) is 0. The van der Waals surface area contributed by atoms with Crippen LogP contribution in [-0.4, -0.2) is 24.0 Å². The van der Waals surface area contributed by atoms with Crippen molar-refractivity contribution in [3.63, 3.8) is 0 Å². The van der Waals surface area contributed by atoms with Gasteiger partial charge in [0.2, 0.25) is 5.91 Å². The van der Waals surface area contributed by atoms with E-state index in [9.17, 15) is 14.0 Å². The Morgan fingerprint density at radius 2 is 1.67 bits per heavy atom. The number of carbonyl (C=O) groups is 2. The fraction of sp³-hybridized carbons (Fsp3) is 0.417. The molecule has 4 rings (SSSR count). The summed E-state index contributed by atoms with van der Waals surface area (Å²) >= 11 is 0. The Morgan fingerprint density at radius 1 is 0.967 bits per heavy atom. The summed E-state index contributed by atoms with van der Waals surface area (Å²) in [5, 5.41) is 1.79. The minimum Gasteiger partial charge on any atom is -0.273 e. The van der Waals surface area contributed by atoms with Crippen LogP contribution in [0.25, 0.3) is 0 Å². The average Bonchev–Trinajstić information content (AvgIpc) is 3.27. The van der Waals surface area contributed by atoms with E-state index in [1.807, 2.05) is 30.3 Å². The second kappa shape index (κ2) is 8.56. The number of amides is 2. The van der Waals surface area contributed by atoms with Gasteiger partial charge in [-0.15, -0.1) is 0 Å². The molecule has 0 N–H and O–H groups in total. The Kier molecular flexibility index (Phi) is 5.86. The normalized spacial score (nSPS) is 24.4. The molecule has 0 aliphatic carbocycles. The van der Waals surface area contributed by atoms with Gasteiger partial charge in [0, 0.05) is 0 Å². The zero-order valence-corrected chi connectivity index (χ0v) is 17.3. The van der Waals surface area contributed by atoms with E-state index in [1.165, 1.54) is 24.3 Å². The van der Waals surface area contributed by atoms with Gasteiger partial charge in [-0.25, -0.2) is 14.4 Å². The van der Waals surface area contributed by atoms with Crippen molar-refractivity contribution in [2.45, 2.75) is 51.7 Å². The number of imide groups is 1. The highest BCUT2D eigenvalue weighted by atomic mass is 19.1. The molecule has 5 nitrogen and oxygen atoms in total. The molecule has 0 radical (unpaired) electrons. The Hall–Kier alpha value is -2.73. The van der Waals surface area contributed by atoms with Gasteiger partial charge in [0.15, 0.2) is 6.10 Å². The number of halogens is 1. The molecule has 2 fully saturated rings. The van der Waals surface area contributed by atoms with Crippen LogP contribution in [-0.2, 0) is 14.4 Å². The van der Waals surface area contributed by atoms with Crippen LogP contribution in [0.3, 0.4) is 0 Å². The maximum absolute atomic E-state index is 13.5. The lowest BCUT2D eigenvalue weighted by Crippen LogP contribution is -2.44. The Balaban J connectivity index is 1.71. The standard InChI is InChI=1S/C24H27FN2O3/c1-3-5-9-16(4-2)21-20-22(30-27(21)19-10-7-6-8-11-19)24(29)26(23(20)28)18-14-12-17(25)13-15-18/h6-8,10-16,20-22H,3-5,9H2,1-2H3/t16-,20-,21+,22+/m0/s1. The number of fused-ring (bicyclic) bond motifs is 1. The Labute approximate surface area is 176 Å². The molecule has 6 heteroatoms. The molecule has 4 atom stereocenters. The number of hydroxylamine groups is 1. The molecule has 0 aromatic heterocycles. The zero-order chi connectivity index (χ0) is 21.3. The van der Waals surface area contributed by atoms with Crippen molar-refractivity contribution in [1.82, 2.24) is 0 Å². The highest BCUT2D eigenvalue weighted by molar-refractivity contribution is 6.23. The fourth-order valence-corrected chi connectivity index (χ4v) is 4.66. The Morgan fingerprint density at radius 3 is 2.30 bits per heavy atom. The van der Waals surface area contributed by atoms with Crippen molar-refractivity contribution in [1.29, 1.82) is 0 Å². The molecular formula is C24H27FN2O3. The number of benzene rings is 2. The van der Waals surface area contributed by atoms with Crippen LogP contribution in [0.1, 0.15) is 39.5 Å². The molecule has 2 aliphatic heterocycles. The molecule has 0 bridgehead atoms.